The molecule has 106 valence electrons. The second-order valence-corrected chi connectivity index (χ2v) is 5.13. The van der Waals surface area contributed by atoms with Crippen molar-refractivity contribution >= 4 is 22.2 Å². The minimum atomic E-state index is -0.584. The predicted molar refractivity (Wildman–Crippen MR) is 77.1 cm³/mol. The number of anilines is 2. The second kappa shape index (κ2) is 5.57. The van der Waals surface area contributed by atoms with Crippen molar-refractivity contribution in [2.75, 3.05) is 5.32 Å². The van der Waals surface area contributed by atoms with E-state index in [-0.39, 0.29) is 11.5 Å². The molecule has 2 aromatic carbocycles. The summed E-state index contributed by atoms with van der Waals surface area (Å²) in [6.07, 6.45) is 0. The third-order valence-electron chi connectivity index (χ3n) is 2.82. The normalized spacial score (nSPS) is 10.6. The average Bonchev–Trinajstić information content (AvgIpc) is 2.92. The summed E-state index contributed by atoms with van der Waals surface area (Å²) in [6.45, 7) is 0. The molecular weight excluding hydrogens is 297 g/mol. The van der Waals surface area contributed by atoms with Crippen LogP contribution in [0.2, 0.25) is 0 Å². The molecule has 0 unspecified atom stereocenters. The molecule has 0 atom stereocenters. The van der Waals surface area contributed by atoms with Gasteiger partial charge in [-0.05, 0) is 24.3 Å². The molecule has 3 aromatic rings. The summed E-state index contributed by atoms with van der Waals surface area (Å²) < 4.78 is 40.3. The van der Waals surface area contributed by atoms with E-state index in [1.807, 2.05) is 0 Å². The van der Waals surface area contributed by atoms with Gasteiger partial charge in [-0.25, -0.2) is 18.2 Å². The number of rotatable bonds is 3. The first-order chi connectivity index (χ1) is 10.1. The van der Waals surface area contributed by atoms with Gasteiger partial charge in [0.1, 0.15) is 17.5 Å². The molecule has 0 aliphatic carbocycles. The molecule has 0 spiro atoms. The van der Waals surface area contributed by atoms with E-state index in [1.165, 1.54) is 17.4 Å². The van der Waals surface area contributed by atoms with E-state index in [0.29, 0.717) is 16.4 Å². The maximum absolute atomic E-state index is 13.7. The van der Waals surface area contributed by atoms with Crippen LogP contribution in [0.3, 0.4) is 0 Å². The highest BCUT2D eigenvalue weighted by Gasteiger charge is 2.10. The topological polar surface area (TPSA) is 24.9 Å². The fraction of sp³-hybridized carbons (Fsp3) is 0. The molecule has 0 aliphatic rings. The third-order valence-corrected chi connectivity index (χ3v) is 3.58. The van der Waals surface area contributed by atoms with Crippen molar-refractivity contribution in [3.63, 3.8) is 0 Å². The number of aromatic nitrogens is 1. The van der Waals surface area contributed by atoms with Crippen molar-refractivity contribution in [2.45, 2.75) is 0 Å². The molecule has 1 aromatic heterocycles. The lowest BCUT2D eigenvalue weighted by molar-refractivity contribution is 0.603. The molecule has 1 heterocycles. The molecule has 1 N–H and O–H groups in total. The second-order valence-electron chi connectivity index (χ2n) is 4.27. The van der Waals surface area contributed by atoms with Gasteiger partial charge in [-0.1, -0.05) is 12.1 Å². The smallest absolute Gasteiger partial charge is 0.187 e. The van der Waals surface area contributed by atoms with Crippen molar-refractivity contribution < 1.29 is 13.2 Å². The first-order valence-electron chi connectivity index (χ1n) is 6.06. The van der Waals surface area contributed by atoms with Gasteiger partial charge in [-0.15, -0.1) is 11.3 Å². The highest BCUT2D eigenvalue weighted by molar-refractivity contribution is 7.14. The average molecular weight is 306 g/mol. The molecule has 21 heavy (non-hydrogen) atoms. The van der Waals surface area contributed by atoms with Crippen LogP contribution in [0.1, 0.15) is 0 Å². The van der Waals surface area contributed by atoms with Crippen molar-refractivity contribution in [1.29, 1.82) is 0 Å². The zero-order valence-electron chi connectivity index (χ0n) is 10.6. The molecule has 2 nitrogen and oxygen atoms in total. The monoisotopic (exact) mass is 306 g/mol. The molecular formula is C15H9F3N2S. The SMILES string of the molecule is Fc1ccc(F)c(Nc2nc(-c3ccccc3F)cs2)c1. The summed E-state index contributed by atoms with van der Waals surface area (Å²) in [4.78, 5) is 4.19. The molecule has 0 radical (unpaired) electrons. The minimum absolute atomic E-state index is 0.00978. The van der Waals surface area contributed by atoms with Crippen LogP contribution < -0.4 is 5.32 Å². The highest BCUT2D eigenvalue weighted by atomic mass is 32.1. The lowest BCUT2D eigenvalue weighted by atomic mass is 10.2. The molecule has 3 rings (SSSR count). The van der Waals surface area contributed by atoms with Crippen molar-refractivity contribution in [3.8, 4) is 11.3 Å². The van der Waals surface area contributed by atoms with Crippen LogP contribution in [0.5, 0.6) is 0 Å². The first kappa shape index (κ1) is 13.6. The van der Waals surface area contributed by atoms with E-state index in [4.69, 9.17) is 0 Å². The van der Waals surface area contributed by atoms with Gasteiger partial charge >= 0.3 is 0 Å². The fourth-order valence-electron chi connectivity index (χ4n) is 1.83. The van der Waals surface area contributed by atoms with E-state index in [9.17, 15) is 13.2 Å². The Kier molecular flexibility index (Phi) is 3.62. The Labute approximate surface area is 122 Å². The van der Waals surface area contributed by atoms with Crippen molar-refractivity contribution in [3.05, 3.63) is 65.3 Å². The van der Waals surface area contributed by atoms with Gasteiger partial charge in [-0.3, -0.25) is 0 Å². The van der Waals surface area contributed by atoms with Crippen LogP contribution >= 0.6 is 11.3 Å². The van der Waals surface area contributed by atoms with E-state index in [1.54, 1.807) is 23.6 Å². The van der Waals surface area contributed by atoms with Crippen LogP contribution in [-0.4, -0.2) is 4.98 Å². The molecule has 6 heteroatoms. The van der Waals surface area contributed by atoms with E-state index in [2.05, 4.69) is 10.3 Å². The van der Waals surface area contributed by atoms with Crippen LogP contribution in [0.25, 0.3) is 11.3 Å². The molecule has 0 fully saturated rings. The molecule has 0 saturated heterocycles. The van der Waals surface area contributed by atoms with E-state index < -0.39 is 11.6 Å². The summed E-state index contributed by atoms with van der Waals surface area (Å²) in [5.74, 6) is -1.52. The Morgan fingerprint density at radius 3 is 2.57 bits per heavy atom. The van der Waals surface area contributed by atoms with Gasteiger partial charge in [0.25, 0.3) is 0 Å². The lowest BCUT2D eigenvalue weighted by Gasteiger charge is -2.04. The van der Waals surface area contributed by atoms with Crippen LogP contribution in [0.15, 0.2) is 47.8 Å². The quantitative estimate of drug-likeness (QED) is 0.739. The maximum Gasteiger partial charge on any atom is 0.187 e. The number of nitrogens with one attached hydrogen (secondary N) is 1. The minimum Gasteiger partial charge on any atom is -0.329 e. The van der Waals surface area contributed by atoms with Gasteiger partial charge in [-0.2, -0.15) is 0 Å². The number of hydrogen-bond acceptors (Lipinski definition) is 3. The fourth-order valence-corrected chi connectivity index (χ4v) is 2.56. The lowest BCUT2D eigenvalue weighted by Crippen LogP contribution is -1.94. The Morgan fingerprint density at radius 2 is 1.76 bits per heavy atom. The van der Waals surface area contributed by atoms with Crippen LogP contribution in [0, 0.1) is 17.5 Å². The number of halogens is 3. The Bertz CT molecular complexity index is 786. The van der Waals surface area contributed by atoms with Crippen LogP contribution in [0.4, 0.5) is 24.0 Å². The Hall–Kier alpha value is -2.34. The summed E-state index contributed by atoms with van der Waals surface area (Å²) in [7, 11) is 0. The number of nitrogens with zero attached hydrogens (tertiary/aromatic N) is 1. The van der Waals surface area contributed by atoms with Gasteiger partial charge in [0.15, 0.2) is 5.13 Å². The van der Waals surface area contributed by atoms with Crippen LogP contribution in [-0.2, 0) is 0 Å². The van der Waals surface area contributed by atoms with E-state index >= 15 is 0 Å². The van der Waals surface area contributed by atoms with E-state index in [0.717, 1.165) is 18.2 Å². The summed E-state index contributed by atoms with van der Waals surface area (Å²) >= 11 is 1.18. The Morgan fingerprint density at radius 1 is 0.952 bits per heavy atom. The first-order valence-corrected chi connectivity index (χ1v) is 6.94. The standard InChI is InChI=1S/C15H9F3N2S/c16-9-5-6-12(18)13(7-9)19-15-20-14(8-21-15)10-3-1-2-4-11(10)17/h1-8H,(H,19,20). The van der Waals surface area contributed by atoms with Gasteiger partial charge in [0, 0.05) is 17.0 Å². The van der Waals surface area contributed by atoms with Crippen molar-refractivity contribution in [1.82, 2.24) is 4.98 Å². The number of benzene rings is 2. The summed E-state index contributed by atoms with van der Waals surface area (Å²) in [6, 6.07) is 9.35. The van der Waals surface area contributed by atoms with Gasteiger partial charge in [0.2, 0.25) is 0 Å². The molecule has 0 aliphatic heterocycles. The number of thiazole rings is 1. The Balaban J connectivity index is 1.89. The summed E-state index contributed by atoms with van der Waals surface area (Å²) in [5, 5.41) is 4.70. The summed E-state index contributed by atoms with van der Waals surface area (Å²) in [5.41, 5.74) is 0.795. The highest BCUT2D eigenvalue weighted by Crippen LogP contribution is 2.29. The molecule has 0 saturated carbocycles. The zero-order chi connectivity index (χ0) is 14.8. The van der Waals surface area contributed by atoms with Gasteiger partial charge < -0.3 is 5.32 Å². The molecule has 0 amide bonds. The predicted octanol–water partition coefficient (Wildman–Crippen LogP) is 4.97. The van der Waals surface area contributed by atoms with Gasteiger partial charge in [0.05, 0.1) is 11.4 Å². The maximum atomic E-state index is 13.7. The third kappa shape index (κ3) is 2.90. The van der Waals surface area contributed by atoms with Crippen molar-refractivity contribution in [2.24, 2.45) is 0 Å². The molecule has 0 bridgehead atoms. The zero-order valence-corrected chi connectivity index (χ0v) is 11.4. The number of hydrogen-bond donors (Lipinski definition) is 1. The largest absolute Gasteiger partial charge is 0.329 e.